The van der Waals surface area contributed by atoms with Gasteiger partial charge in [0.15, 0.2) is 5.78 Å². The maximum Gasteiger partial charge on any atom is 0.252 e. The van der Waals surface area contributed by atoms with Crippen LogP contribution in [0.3, 0.4) is 0 Å². The van der Waals surface area contributed by atoms with Crippen molar-refractivity contribution < 1.29 is 19.1 Å². The molecule has 0 bridgehead atoms. The molecular formula is C24H29BrN2O4. The Balaban J connectivity index is 1.89. The Kier molecular flexibility index (Phi) is 6.01. The maximum absolute atomic E-state index is 13.7. The SMILES string of the molecule is COc1ccc(Br)cc1[C@H]1C(C(=O)N2CCOCC2)=C(C)NC2=C1C(=O)CC(C)(C)C2. The van der Waals surface area contributed by atoms with Crippen molar-refractivity contribution in [2.45, 2.75) is 39.5 Å². The van der Waals surface area contributed by atoms with Crippen LogP contribution in [-0.4, -0.2) is 50.0 Å². The van der Waals surface area contributed by atoms with E-state index >= 15 is 0 Å². The Morgan fingerprint density at radius 1 is 1.26 bits per heavy atom. The number of hydrogen-bond acceptors (Lipinski definition) is 5. The second-order valence-electron chi connectivity index (χ2n) is 9.22. The highest BCUT2D eigenvalue weighted by Gasteiger charge is 2.44. The molecule has 0 radical (unpaired) electrons. The number of rotatable bonds is 3. The van der Waals surface area contributed by atoms with Crippen molar-refractivity contribution in [3.63, 3.8) is 0 Å². The van der Waals surface area contributed by atoms with Gasteiger partial charge in [-0.15, -0.1) is 0 Å². The second-order valence-corrected chi connectivity index (χ2v) is 10.1. The summed E-state index contributed by atoms with van der Waals surface area (Å²) in [6, 6.07) is 5.75. The molecule has 2 heterocycles. The van der Waals surface area contributed by atoms with Crippen LogP contribution in [-0.2, 0) is 14.3 Å². The quantitative estimate of drug-likeness (QED) is 0.698. The molecule has 0 aromatic heterocycles. The van der Waals surface area contributed by atoms with Crippen LogP contribution in [0.25, 0.3) is 0 Å². The molecule has 0 spiro atoms. The summed E-state index contributed by atoms with van der Waals surface area (Å²) in [7, 11) is 1.62. The van der Waals surface area contributed by atoms with Crippen molar-refractivity contribution >= 4 is 27.6 Å². The van der Waals surface area contributed by atoms with E-state index in [1.807, 2.05) is 30.0 Å². The minimum Gasteiger partial charge on any atom is -0.496 e. The zero-order chi connectivity index (χ0) is 22.3. The number of nitrogens with one attached hydrogen (secondary N) is 1. The van der Waals surface area contributed by atoms with E-state index in [1.54, 1.807) is 7.11 Å². The molecule has 1 amide bonds. The van der Waals surface area contributed by atoms with Gasteiger partial charge >= 0.3 is 0 Å². The van der Waals surface area contributed by atoms with Gasteiger partial charge in [0.1, 0.15) is 5.75 Å². The Hall–Kier alpha value is -2.12. The molecule has 166 valence electrons. The molecular weight excluding hydrogens is 460 g/mol. The molecule has 0 unspecified atom stereocenters. The molecule has 1 aromatic carbocycles. The summed E-state index contributed by atoms with van der Waals surface area (Å²) >= 11 is 3.56. The molecule has 31 heavy (non-hydrogen) atoms. The van der Waals surface area contributed by atoms with Gasteiger partial charge in [-0.2, -0.15) is 0 Å². The van der Waals surface area contributed by atoms with E-state index in [1.165, 1.54) is 0 Å². The van der Waals surface area contributed by atoms with Crippen molar-refractivity contribution in [1.82, 2.24) is 10.2 Å². The highest BCUT2D eigenvalue weighted by molar-refractivity contribution is 9.10. The Morgan fingerprint density at radius 3 is 2.65 bits per heavy atom. The zero-order valence-corrected chi connectivity index (χ0v) is 20.1. The van der Waals surface area contributed by atoms with Crippen LogP contribution in [0.1, 0.15) is 45.1 Å². The van der Waals surface area contributed by atoms with Crippen LogP contribution in [0, 0.1) is 5.41 Å². The van der Waals surface area contributed by atoms with E-state index in [-0.39, 0.29) is 17.1 Å². The summed E-state index contributed by atoms with van der Waals surface area (Å²) in [5, 5.41) is 3.43. The van der Waals surface area contributed by atoms with Gasteiger partial charge in [-0.05, 0) is 37.0 Å². The minimum atomic E-state index is -0.470. The van der Waals surface area contributed by atoms with Gasteiger partial charge in [-0.3, -0.25) is 9.59 Å². The number of Topliss-reactive ketones (excluding diaryl/α,β-unsaturated/α-hetero) is 1. The number of hydrogen-bond donors (Lipinski definition) is 1. The predicted molar refractivity (Wildman–Crippen MR) is 122 cm³/mol. The van der Waals surface area contributed by atoms with Crippen LogP contribution in [0.15, 0.2) is 45.2 Å². The van der Waals surface area contributed by atoms with Gasteiger partial charge in [0.05, 0.1) is 26.2 Å². The van der Waals surface area contributed by atoms with Gasteiger partial charge < -0.3 is 19.7 Å². The maximum atomic E-state index is 13.7. The standard InChI is InChI=1S/C24H29BrN2O4/c1-14-20(23(29)27-7-9-31-10-8-27)21(16-11-15(25)5-6-19(16)30-4)22-17(26-14)12-24(2,3)13-18(22)28/h5-6,11,21,26H,7-10,12-13H2,1-4H3/t21-/m0/s1. The predicted octanol–water partition coefficient (Wildman–Crippen LogP) is 3.92. The Morgan fingerprint density at radius 2 is 1.97 bits per heavy atom. The van der Waals surface area contributed by atoms with Crippen molar-refractivity contribution in [2.75, 3.05) is 33.4 Å². The lowest BCUT2D eigenvalue weighted by Gasteiger charge is -2.41. The van der Waals surface area contributed by atoms with Crippen molar-refractivity contribution in [3.05, 3.63) is 50.8 Å². The summed E-state index contributed by atoms with van der Waals surface area (Å²) in [5.74, 6) is 0.234. The largest absolute Gasteiger partial charge is 0.496 e. The normalized spacial score (nSPS) is 23.5. The summed E-state index contributed by atoms with van der Waals surface area (Å²) in [6.45, 7) is 8.29. The van der Waals surface area contributed by atoms with Crippen LogP contribution in [0.2, 0.25) is 0 Å². The molecule has 2 aliphatic heterocycles. The Bertz CT molecular complexity index is 989. The number of allylic oxidation sites excluding steroid dienone is 3. The van der Waals surface area contributed by atoms with E-state index < -0.39 is 5.92 Å². The lowest BCUT2D eigenvalue weighted by Crippen LogP contribution is -2.45. The third-order valence-corrected chi connectivity index (χ3v) is 6.76. The highest BCUT2D eigenvalue weighted by Crippen LogP contribution is 2.49. The van der Waals surface area contributed by atoms with Gasteiger partial charge in [0, 0.05) is 52.1 Å². The number of morpholine rings is 1. The molecule has 1 fully saturated rings. The number of carbonyl (C=O) groups excluding carboxylic acids is 2. The third kappa shape index (κ3) is 4.17. The zero-order valence-electron chi connectivity index (χ0n) is 18.5. The summed E-state index contributed by atoms with van der Waals surface area (Å²) < 4.78 is 12.0. The van der Waals surface area contributed by atoms with Crippen LogP contribution in [0.5, 0.6) is 5.75 Å². The first-order chi connectivity index (χ1) is 14.7. The Labute approximate surface area is 191 Å². The number of ketones is 1. The monoisotopic (exact) mass is 488 g/mol. The second kappa shape index (κ2) is 8.43. The molecule has 1 aliphatic carbocycles. The minimum absolute atomic E-state index is 0.0514. The van der Waals surface area contributed by atoms with E-state index in [4.69, 9.17) is 9.47 Å². The number of halogens is 1. The van der Waals surface area contributed by atoms with E-state index in [0.717, 1.165) is 27.9 Å². The number of carbonyl (C=O) groups is 2. The molecule has 3 aliphatic rings. The van der Waals surface area contributed by atoms with Crippen molar-refractivity contribution in [1.29, 1.82) is 0 Å². The van der Waals surface area contributed by atoms with Gasteiger partial charge in [-0.1, -0.05) is 29.8 Å². The molecule has 7 heteroatoms. The summed E-state index contributed by atoms with van der Waals surface area (Å²) in [4.78, 5) is 29.0. The van der Waals surface area contributed by atoms with Gasteiger partial charge in [-0.25, -0.2) is 0 Å². The fraction of sp³-hybridized carbons (Fsp3) is 0.500. The average molecular weight is 489 g/mol. The number of nitrogens with zero attached hydrogens (tertiary/aromatic N) is 1. The fourth-order valence-electron chi connectivity index (χ4n) is 4.90. The lowest BCUT2D eigenvalue weighted by atomic mass is 9.68. The van der Waals surface area contributed by atoms with Gasteiger partial charge in [0.25, 0.3) is 5.91 Å². The molecule has 6 nitrogen and oxygen atoms in total. The smallest absolute Gasteiger partial charge is 0.252 e. The van der Waals surface area contributed by atoms with Crippen molar-refractivity contribution in [2.24, 2.45) is 5.41 Å². The molecule has 1 saturated heterocycles. The number of amides is 1. The molecule has 1 atom stereocenters. The van der Waals surface area contributed by atoms with Crippen LogP contribution in [0.4, 0.5) is 0 Å². The topological polar surface area (TPSA) is 67.9 Å². The first kappa shape index (κ1) is 22.1. The molecule has 1 aromatic rings. The summed E-state index contributed by atoms with van der Waals surface area (Å²) in [5.41, 5.74) is 3.73. The number of dihydropyridines is 1. The molecule has 1 N–H and O–H groups in total. The lowest BCUT2D eigenvalue weighted by molar-refractivity contribution is -0.131. The highest BCUT2D eigenvalue weighted by atomic mass is 79.9. The van der Waals surface area contributed by atoms with E-state index in [0.29, 0.717) is 49.6 Å². The number of benzene rings is 1. The first-order valence-corrected chi connectivity index (χ1v) is 11.5. The first-order valence-electron chi connectivity index (χ1n) is 10.7. The molecule has 4 rings (SSSR count). The van der Waals surface area contributed by atoms with Crippen LogP contribution < -0.4 is 10.1 Å². The fourth-order valence-corrected chi connectivity index (χ4v) is 5.28. The number of ether oxygens (including phenoxy) is 2. The van der Waals surface area contributed by atoms with E-state index in [2.05, 4.69) is 35.1 Å². The molecule has 0 saturated carbocycles. The average Bonchev–Trinajstić information content (AvgIpc) is 2.72. The third-order valence-electron chi connectivity index (χ3n) is 6.27. The van der Waals surface area contributed by atoms with Crippen LogP contribution >= 0.6 is 15.9 Å². The van der Waals surface area contributed by atoms with Crippen molar-refractivity contribution in [3.8, 4) is 5.75 Å². The van der Waals surface area contributed by atoms with E-state index in [9.17, 15) is 9.59 Å². The number of methoxy groups -OCH3 is 1. The summed E-state index contributed by atoms with van der Waals surface area (Å²) in [6.07, 6.45) is 1.22. The van der Waals surface area contributed by atoms with Gasteiger partial charge in [0.2, 0.25) is 0 Å².